The van der Waals surface area contributed by atoms with E-state index in [0.29, 0.717) is 22.9 Å². The Morgan fingerprint density at radius 1 is 1.59 bits per heavy atom. The summed E-state index contributed by atoms with van der Waals surface area (Å²) in [5, 5.41) is 9.47. The molecule has 1 aromatic rings. The molecule has 0 atom stereocenters. The van der Waals surface area contributed by atoms with Crippen LogP contribution in [0.5, 0.6) is 0 Å². The zero-order valence-electron chi connectivity index (χ0n) is 9.74. The second-order valence-electron chi connectivity index (χ2n) is 3.43. The molecular weight excluding hydrogens is 240 g/mol. The molecule has 0 aromatic heterocycles. The van der Waals surface area contributed by atoms with E-state index in [1.807, 2.05) is 6.07 Å². The van der Waals surface area contributed by atoms with Crippen LogP contribution in [0.1, 0.15) is 12.5 Å². The van der Waals surface area contributed by atoms with Crippen molar-refractivity contribution in [3.63, 3.8) is 0 Å². The molecule has 1 aromatic carbocycles. The number of likely N-dealkylation sites (N-methyl/N-ethyl adjacent to an activating group) is 1. The van der Waals surface area contributed by atoms with Crippen molar-refractivity contribution < 1.29 is 9.53 Å². The van der Waals surface area contributed by atoms with Crippen molar-refractivity contribution in [1.82, 2.24) is 0 Å². The number of halogens is 1. The Morgan fingerprint density at radius 3 is 2.88 bits per heavy atom. The standard InChI is InChI=1S/C12H13ClN2O2/c1-3-17-12(16)8-15(2)11-5-4-10(13)6-9(11)7-14/h4-6H,3,8H2,1-2H3. The number of carbonyl (C=O) groups excluding carboxylic acids is 1. The predicted molar refractivity (Wildman–Crippen MR) is 66.1 cm³/mol. The molecule has 0 saturated carbocycles. The first-order valence-electron chi connectivity index (χ1n) is 5.15. The van der Waals surface area contributed by atoms with Gasteiger partial charge in [-0.1, -0.05) is 11.6 Å². The number of benzene rings is 1. The van der Waals surface area contributed by atoms with Gasteiger partial charge < -0.3 is 9.64 Å². The molecule has 0 fully saturated rings. The van der Waals surface area contributed by atoms with E-state index in [2.05, 4.69) is 0 Å². The number of nitrogens with zero attached hydrogens (tertiary/aromatic N) is 2. The topological polar surface area (TPSA) is 53.3 Å². The summed E-state index contributed by atoms with van der Waals surface area (Å²) in [5.41, 5.74) is 1.09. The third kappa shape index (κ3) is 3.65. The number of rotatable bonds is 4. The van der Waals surface area contributed by atoms with Gasteiger partial charge in [0.2, 0.25) is 0 Å². The zero-order chi connectivity index (χ0) is 12.8. The number of ether oxygens (including phenoxy) is 1. The first kappa shape index (κ1) is 13.3. The molecule has 17 heavy (non-hydrogen) atoms. The SMILES string of the molecule is CCOC(=O)CN(C)c1ccc(Cl)cc1C#N. The van der Waals surface area contributed by atoms with Crippen LogP contribution in [0.4, 0.5) is 5.69 Å². The lowest BCUT2D eigenvalue weighted by Gasteiger charge is -2.19. The third-order valence-corrected chi connectivity index (χ3v) is 2.40. The minimum atomic E-state index is -0.325. The Hall–Kier alpha value is -1.73. The van der Waals surface area contributed by atoms with Crippen LogP contribution in [-0.2, 0) is 9.53 Å². The molecule has 0 amide bonds. The van der Waals surface area contributed by atoms with Crippen molar-refractivity contribution in [3.05, 3.63) is 28.8 Å². The molecule has 0 spiro atoms. The van der Waals surface area contributed by atoms with Gasteiger partial charge in [0.05, 0.1) is 17.9 Å². The van der Waals surface area contributed by atoms with E-state index in [-0.39, 0.29) is 12.5 Å². The quantitative estimate of drug-likeness (QED) is 0.771. The van der Waals surface area contributed by atoms with Gasteiger partial charge >= 0.3 is 5.97 Å². The molecule has 1 rings (SSSR count). The number of hydrogen-bond donors (Lipinski definition) is 0. The lowest BCUT2D eigenvalue weighted by Crippen LogP contribution is -2.27. The summed E-state index contributed by atoms with van der Waals surface area (Å²) in [7, 11) is 1.72. The fourth-order valence-electron chi connectivity index (χ4n) is 1.42. The highest BCUT2D eigenvalue weighted by molar-refractivity contribution is 6.30. The van der Waals surface area contributed by atoms with Crippen LogP contribution in [0.15, 0.2) is 18.2 Å². The Kier molecular flexibility index (Phi) is 4.80. The highest BCUT2D eigenvalue weighted by atomic mass is 35.5. The van der Waals surface area contributed by atoms with Gasteiger partial charge in [-0.2, -0.15) is 5.26 Å². The van der Waals surface area contributed by atoms with Gasteiger partial charge in [-0.25, -0.2) is 0 Å². The van der Waals surface area contributed by atoms with Crippen molar-refractivity contribution in [2.24, 2.45) is 0 Å². The van der Waals surface area contributed by atoms with E-state index in [1.165, 1.54) is 0 Å². The van der Waals surface area contributed by atoms with Crippen LogP contribution in [0, 0.1) is 11.3 Å². The summed E-state index contributed by atoms with van der Waals surface area (Å²) < 4.78 is 4.84. The summed E-state index contributed by atoms with van der Waals surface area (Å²) in [6, 6.07) is 7.00. The zero-order valence-corrected chi connectivity index (χ0v) is 10.5. The lowest BCUT2D eigenvalue weighted by atomic mass is 10.2. The van der Waals surface area contributed by atoms with E-state index in [4.69, 9.17) is 21.6 Å². The van der Waals surface area contributed by atoms with E-state index >= 15 is 0 Å². The molecule has 0 bridgehead atoms. The van der Waals surface area contributed by atoms with Gasteiger partial charge in [-0.15, -0.1) is 0 Å². The molecule has 0 N–H and O–H groups in total. The van der Waals surface area contributed by atoms with E-state index in [9.17, 15) is 4.79 Å². The molecule has 4 nitrogen and oxygen atoms in total. The smallest absolute Gasteiger partial charge is 0.325 e. The maximum Gasteiger partial charge on any atom is 0.325 e. The van der Waals surface area contributed by atoms with Crippen LogP contribution >= 0.6 is 11.6 Å². The Bertz CT molecular complexity index is 454. The molecule has 0 unspecified atom stereocenters. The van der Waals surface area contributed by atoms with Crippen molar-refractivity contribution in [2.75, 3.05) is 25.1 Å². The van der Waals surface area contributed by atoms with Crippen LogP contribution in [-0.4, -0.2) is 26.2 Å². The first-order chi connectivity index (χ1) is 8.08. The van der Waals surface area contributed by atoms with E-state index < -0.39 is 0 Å². The highest BCUT2D eigenvalue weighted by Gasteiger charge is 2.12. The fraction of sp³-hybridized carbons (Fsp3) is 0.333. The normalized spacial score (nSPS) is 9.53. The van der Waals surface area contributed by atoms with Crippen LogP contribution < -0.4 is 4.90 Å². The number of nitriles is 1. The average Bonchev–Trinajstić information content (AvgIpc) is 2.28. The minimum absolute atomic E-state index is 0.101. The molecule has 0 saturated heterocycles. The second kappa shape index (κ2) is 6.12. The molecule has 90 valence electrons. The van der Waals surface area contributed by atoms with Gasteiger partial charge in [0.25, 0.3) is 0 Å². The molecule has 0 aliphatic heterocycles. The predicted octanol–water partition coefficient (Wildman–Crippen LogP) is 2.21. The van der Waals surface area contributed by atoms with Crippen LogP contribution in [0.25, 0.3) is 0 Å². The van der Waals surface area contributed by atoms with Gasteiger partial charge in [0.15, 0.2) is 0 Å². The fourth-order valence-corrected chi connectivity index (χ4v) is 1.59. The summed E-state index contributed by atoms with van der Waals surface area (Å²) in [6.07, 6.45) is 0. The van der Waals surface area contributed by atoms with Gasteiger partial charge in [-0.3, -0.25) is 4.79 Å². The number of hydrogen-bond acceptors (Lipinski definition) is 4. The minimum Gasteiger partial charge on any atom is -0.465 e. The molecule has 5 heteroatoms. The van der Waals surface area contributed by atoms with Crippen molar-refractivity contribution in [1.29, 1.82) is 5.26 Å². The van der Waals surface area contributed by atoms with Crippen molar-refractivity contribution >= 4 is 23.3 Å². The second-order valence-corrected chi connectivity index (χ2v) is 3.87. The maximum atomic E-state index is 11.3. The van der Waals surface area contributed by atoms with Crippen LogP contribution in [0.3, 0.4) is 0 Å². The highest BCUT2D eigenvalue weighted by Crippen LogP contribution is 2.22. The van der Waals surface area contributed by atoms with Gasteiger partial charge in [-0.05, 0) is 25.1 Å². The lowest BCUT2D eigenvalue weighted by molar-refractivity contribution is -0.141. The summed E-state index contributed by atoms with van der Waals surface area (Å²) in [6.45, 7) is 2.20. The average molecular weight is 253 g/mol. The summed E-state index contributed by atoms with van der Waals surface area (Å²) in [4.78, 5) is 13.0. The maximum absolute atomic E-state index is 11.3. The number of carbonyl (C=O) groups is 1. The Balaban J connectivity index is 2.86. The van der Waals surface area contributed by atoms with Gasteiger partial charge in [0.1, 0.15) is 12.6 Å². The third-order valence-electron chi connectivity index (χ3n) is 2.16. The molecule has 0 heterocycles. The van der Waals surface area contributed by atoms with Crippen molar-refractivity contribution in [2.45, 2.75) is 6.92 Å². The number of esters is 1. The van der Waals surface area contributed by atoms with Gasteiger partial charge in [0, 0.05) is 12.1 Å². The molecule has 0 radical (unpaired) electrons. The number of anilines is 1. The molecular formula is C12H13ClN2O2. The monoisotopic (exact) mass is 252 g/mol. The molecule has 0 aliphatic carbocycles. The largest absolute Gasteiger partial charge is 0.465 e. The summed E-state index contributed by atoms with van der Waals surface area (Å²) in [5.74, 6) is -0.325. The first-order valence-corrected chi connectivity index (χ1v) is 5.52. The van der Waals surface area contributed by atoms with Crippen LogP contribution in [0.2, 0.25) is 5.02 Å². The van der Waals surface area contributed by atoms with Crippen molar-refractivity contribution in [3.8, 4) is 6.07 Å². The summed E-state index contributed by atoms with van der Waals surface area (Å²) >= 11 is 5.79. The Morgan fingerprint density at radius 2 is 2.29 bits per heavy atom. The van der Waals surface area contributed by atoms with E-state index in [1.54, 1.807) is 37.1 Å². The molecule has 0 aliphatic rings. The van der Waals surface area contributed by atoms with E-state index in [0.717, 1.165) is 0 Å². The Labute approximate surface area is 105 Å².